The van der Waals surface area contributed by atoms with E-state index in [0.29, 0.717) is 5.41 Å². The van der Waals surface area contributed by atoms with Crippen molar-refractivity contribution < 1.29 is 9.53 Å². The summed E-state index contributed by atoms with van der Waals surface area (Å²) in [5, 5.41) is 3.45. The van der Waals surface area contributed by atoms with Gasteiger partial charge in [0.1, 0.15) is 6.54 Å². The summed E-state index contributed by atoms with van der Waals surface area (Å²) in [4.78, 5) is 20.4. The molecule has 1 aliphatic heterocycles. The Bertz CT molecular complexity index is 431. The molecule has 2 aliphatic rings. The summed E-state index contributed by atoms with van der Waals surface area (Å²) >= 11 is 0. The molecule has 1 aliphatic carbocycles. The maximum Gasteiger partial charge on any atom is 0.243 e. The van der Waals surface area contributed by atoms with E-state index in [2.05, 4.69) is 15.2 Å². The minimum atomic E-state index is 0.0402. The highest BCUT2D eigenvalue weighted by Gasteiger charge is 2.41. The Morgan fingerprint density at radius 2 is 2.04 bits per heavy atom. The molecule has 0 bridgehead atoms. The highest BCUT2D eigenvalue weighted by Crippen LogP contribution is 2.45. The van der Waals surface area contributed by atoms with Crippen molar-refractivity contribution in [2.24, 2.45) is 10.4 Å². The van der Waals surface area contributed by atoms with E-state index in [0.717, 1.165) is 45.2 Å². The molecule has 1 heterocycles. The van der Waals surface area contributed by atoms with Crippen LogP contribution in [0.15, 0.2) is 4.99 Å². The topological polar surface area (TPSA) is 57.2 Å². The predicted octanol–water partition coefficient (Wildman–Crippen LogP) is 1.71. The number of likely N-dealkylation sites (N-methyl/N-ethyl adjacent to an activating group) is 1. The number of nitrogens with one attached hydrogen (secondary N) is 1. The first-order valence-electron chi connectivity index (χ1n) is 9.37. The van der Waals surface area contributed by atoms with Gasteiger partial charge in [0.25, 0.3) is 0 Å². The van der Waals surface area contributed by atoms with Crippen molar-refractivity contribution in [2.75, 3.05) is 53.5 Å². The van der Waals surface area contributed by atoms with Crippen LogP contribution in [0.25, 0.3) is 0 Å². The van der Waals surface area contributed by atoms with E-state index in [-0.39, 0.29) is 12.5 Å². The number of nitrogens with zero attached hydrogens (tertiary/aromatic N) is 3. The molecule has 6 nitrogen and oxygen atoms in total. The second kappa shape index (κ2) is 9.25. The number of hydrogen-bond donors (Lipinski definition) is 1. The first-order valence-corrected chi connectivity index (χ1v) is 9.37. The molecule has 0 radical (unpaired) electrons. The summed E-state index contributed by atoms with van der Waals surface area (Å²) in [5.74, 6) is 0.934. The molecular weight excluding hydrogens is 304 g/mol. The third kappa shape index (κ3) is 5.36. The Kier molecular flexibility index (Phi) is 7.34. The van der Waals surface area contributed by atoms with E-state index < -0.39 is 0 Å². The van der Waals surface area contributed by atoms with Crippen LogP contribution in [-0.4, -0.2) is 75.2 Å². The monoisotopic (exact) mass is 338 g/mol. The summed E-state index contributed by atoms with van der Waals surface area (Å²) in [6.45, 7) is 6.71. The SMILES string of the molecule is CCOCCCNC(=NCC(=O)N(C)C)N1CCC2(CCCC2)C1. The molecule has 1 saturated heterocycles. The van der Waals surface area contributed by atoms with Gasteiger partial charge < -0.3 is 19.9 Å². The fourth-order valence-corrected chi connectivity index (χ4v) is 3.72. The molecule has 24 heavy (non-hydrogen) atoms. The lowest BCUT2D eigenvalue weighted by atomic mass is 9.86. The number of hydrogen-bond acceptors (Lipinski definition) is 3. The van der Waals surface area contributed by atoms with Crippen molar-refractivity contribution in [1.82, 2.24) is 15.1 Å². The Morgan fingerprint density at radius 3 is 2.71 bits per heavy atom. The van der Waals surface area contributed by atoms with Gasteiger partial charge in [0.15, 0.2) is 5.96 Å². The largest absolute Gasteiger partial charge is 0.382 e. The molecule has 0 aromatic carbocycles. The lowest BCUT2D eigenvalue weighted by Crippen LogP contribution is -2.42. The maximum atomic E-state index is 11.9. The summed E-state index contributed by atoms with van der Waals surface area (Å²) in [5.41, 5.74) is 0.499. The summed E-state index contributed by atoms with van der Waals surface area (Å²) < 4.78 is 5.39. The second-order valence-corrected chi connectivity index (χ2v) is 7.28. The van der Waals surface area contributed by atoms with Crippen LogP contribution in [0.3, 0.4) is 0 Å². The summed E-state index contributed by atoms with van der Waals surface area (Å²) in [6.07, 6.45) is 7.62. The number of guanidine groups is 1. The first kappa shape index (κ1) is 19.0. The van der Waals surface area contributed by atoms with Crippen LogP contribution in [0.4, 0.5) is 0 Å². The van der Waals surface area contributed by atoms with Gasteiger partial charge in [-0.15, -0.1) is 0 Å². The molecule has 1 saturated carbocycles. The van der Waals surface area contributed by atoms with Crippen molar-refractivity contribution >= 4 is 11.9 Å². The van der Waals surface area contributed by atoms with Crippen LogP contribution in [0.2, 0.25) is 0 Å². The Morgan fingerprint density at radius 1 is 1.29 bits per heavy atom. The van der Waals surface area contributed by atoms with Crippen LogP contribution < -0.4 is 5.32 Å². The number of likely N-dealkylation sites (tertiary alicyclic amines) is 1. The number of amides is 1. The van der Waals surface area contributed by atoms with Gasteiger partial charge in [-0.25, -0.2) is 4.99 Å². The highest BCUT2D eigenvalue weighted by molar-refractivity contribution is 5.85. The van der Waals surface area contributed by atoms with Gasteiger partial charge in [-0.1, -0.05) is 12.8 Å². The van der Waals surface area contributed by atoms with Gasteiger partial charge in [-0.3, -0.25) is 4.79 Å². The molecule has 2 rings (SSSR count). The van der Waals surface area contributed by atoms with Crippen LogP contribution in [0.5, 0.6) is 0 Å². The van der Waals surface area contributed by atoms with Crippen LogP contribution in [0.1, 0.15) is 45.4 Å². The maximum absolute atomic E-state index is 11.9. The highest BCUT2D eigenvalue weighted by atomic mass is 16.5. The fourth-order valence-electron chi connectivity index (χ4n) is 3.72. The van der Waals surface area contributed by atoms with Gasteiger partial charge in [0, 0.05) is 46.9 Å². The average Bonchev–Trinajstić information content (AvgIpc) is 3.20. The molecule has 2 fully saturated rings. The van der Waals surface area contributed by atoms with Crippen molar-refractivity contribution in [2.45, 2.75) is 45.4 Å². The average molecular weight is 338 g/mol. The third-order valence-electron chi connectivity index (χ3n) is 5.22. The molecule has 0 aromatic rings. The van der Waals surface area contributed by atoms with Gasteiger partial charge in [-0.05, 0) is 38.0 Å². The summed E-state index contributed by atoms with van der Waals surface area (Å²) in [6, 6.07) is 0. The second-order valence-electron chi connectivity index (χ2n) is 7.28. The first-order chi connectivity index (χ1) is 11.6. The zero-order valence-corrected chi connectivity index (χ0v) is 15.6. The van der Waals surface area contributed by atoms with Crippen molar-refractivity contribution in [3.63, 3.8) is 0 Å². The zero-order chi connectivity index (χ0) is 17.4. The van der Waals surface area contributed by atoms with E-state index >= 15 is 0 Å². The van der Waals surface area contributed by atoms with Crippen molar-refractivity contribution in [1.29, 1.82) is 0 Å². The predicted molar refractivity (Wildman–Crippen MR) is 97.2 cm³/mol. The molecule has 0 atom stereocenters. The number of aliphatic imine (C=N–C) groups is 1. The van der Waals surface area contributed by atoms with Gasteiger partial charge >= 0.3 is 0 Å². The lowest BCUT2D eigenvalue weighted by molar-refractivity contribution is -0.127. The molecule has 1 N–H and O–H groups in total. The number of carbonyl (C=O) groups excluding carboxylic acids is 1. The standard InChI is InChI=1S/C18H34N4O2/c1-4-24-13-7-11-19-17(20-14-16(23)21(2)3)22-12-10-18(15-22)8-5-6-9-18/h4-15H2,1-3H3,(H,19,20). The fraction of sp³-hybridized carbons (Fsp3) is 0.889. The molecule has 0 unspecified atom stereocenters. The molecule has 138 valence electrons. The van der Waals surface area contributed by atoms with E-state index in [1.54, 1.807) is 19.0 Å². The van der Waals surface area contributed by atoms with E-state index in [4.69, 9.17) is 4.74 Å². The quantitative estimate of drug-likeness (QED) is 0.436. The normalized spacial score (nSPS) is 20.0. The van der Waals surface area contributed by atoms with Crippen LogP contribution >= 0.6 is 0 Å². The zero-order valence-electron chi connectivity index (χ0n) is 15.6. The number of carbonyl (C=O) groups is 1. The third-order valence-corrected chi connectivity index (χ3v) is 5.22. The minimum Gasteiger partial charge on any atom is -0.382 e. The van der Waals surface area contributed by atoms with E-state index in [1.165, 1.54) is 32.1 Å². The number of rotatable bonds is 7. The van der Waals surface area contributed by atoms with Crippen LogP contribution in [0, 0.1) is 5.41 Å². The summed E-state index contributed by atoms with van der Waals surface area (Å²) in [7, 11) is 3.55. The van der Waals surface area contributed by atoms with Gasteiger partial charge in [0.05, 0.1) is 0 Å². The van der Waals surface area contributed by atoms with E-state index in [1.807, 2.05) is 6.92 Å². The van der Waals surface area contributed by atoms with Gasteiger partial charge in [-0.2, -0.15) is 0 Å². The van der Waals surface area contributed by atoms with Crippen LogP contribution in [-0.2, 0) is 9.53 Å². The Labute approximate surface area is 146 Å². The van der Waals surface area contributed by atoms with Crippen molar-refractivity contribution in [3.8, 4) is 0 Å². The Balaban J connectivity index is 1.91. The molecule has 1 spiro atoms. The van der Waals surface area contributed by atoms with Crippen molar-refractivity contribution in [3.05, 3.63) is 0 Å². The molecule has 6 heteroatoms. The molecule has 1 amide bonds. The molecule has 0 aromatic heterocycles. The van der Waals surface area contributed by atoms with E-state index in [9.17, 15) is 4.79 Å². The van der Waals surface area contributed by atoms with Gasteiger partial charge in [0.2, 0.25) is 5.91 Å². The molecular formula is C18H34N4O2. The minimum absolute atomic E-state index is 0.0402. The smallest absolute Gasteiger partial charge is 0.243 e. The number of ether oxygens (including phenoxy) is 1. The lowest BCUT2D eigenvalue weighted by Gasteiger charge is -2.26. The Hall–Kier alpha value is -1.30.